The van der Waals surface area contributed by atoms with E-state index in [9.17, 15) is 4.79 Å². The summed E-state index contributed by atoms with van der Waals surface area (Å²) in [5, 5.41) is 0. The second-order valence-electron chi connectivity index (χ2n) is 8.05. The van der Waals surface area contributed by atoms with Gasteiger partial charge in [0, 0.05) is 51.2 Å². The number of hydrogen-bond donors (Lipinski definition) is 0. The molecule has 0 radical (unpaired) electrons. The van der Waals surface area contributed by atoms with Crippen LogP contribution in [0.15, 0.2) is 12.4 Å². The van der Waals surface area contributed by atoms with E-state index in [0.29, 0.717) is 11.9 Å². The molecule has 6 heteroatoms. The summed E-state index contributed by atoms with van der Waals surface area (Å²) >= 11 is 0. The van der Waals surface area contributed by atoms with Gasteiger partial charge in [0.25, 0.3) is 0 Å². The molecule has 0 N–H and O–H groups in total. The Morgan fingerprint density at radius 3 is 2.42 bits per heavy atom. The Hall–Kier alpha value is -1.69. The molecule has 3 fully saturated rings. The zero-order chi connectivity index (χ0) is 17.9. The van der Waals surface area contributed by atoms with Gasteiger partial charge in [-0.1, -0.05) is 0 Å². The number of aryl methyl sites for hydroxylation is 1. The highest BCUT2D eigenvalue weighted by Crippen LogP contribution is 2.27. The molecule has 1 unspecified atom stereocenters. The summed E-state index contributed by atoms with van der Waals surface area (Å²) in [5.74, 6) is 1.67. The van der Waals surface area contributed by atoms with Gasteiger partial charge < -0.3 is 9.80 Å². The molecule has 1 atom stereocenters. The van der Waals surface area contributed by atoms with Crippen molar-refractivity contribution < 1.29 is 4.79 Å². The second-order valence-corrected chi connectivity index (χ2v) is 8.05. The third-order valence-corrected chi connectivity index (χ3v) is 6.36. The average Bonchev–Trinajstić information content (AvgIpc) is 3.23. The number of rotatable bonds is 3. The van der Waals surface area contributed by atoms with Crippen molar-refractivity contribution in [1.82, 2.24) is 19.8 Å². The molecular formula is C20H31N5O. The van der Waals surface area contributed by atoms with E-state index in [2.05, 4.69) is 24.7 Å². The molecule has 3 aliphatic rings. The van der Waals surface area contributed by atoms with Crippen molar-refractivity contribution in [2.24, 2.45) is 5.92 Å². The lowest BCUT2D eigenvalue weighted by Crippen LogP contribution is -2.51. The fourth-order valence-corrected chi connectivity index (χ4v) is 4.89. The summed E-state index contributed by atoms with van der Waals surface area (Å²) in [7, 11) is 0. The number of hydrogen-bond acceptors (Lipinski definition) is 5. The minimum absolute atomic E-state index is 0.224. The molecule has 0 aliphatic carbocycles. The average molecular weight is 358 g/mol. The number of likely N-dealkylation sites (tertiary alicyclic amines) is 2. The Morgan fingerprint density at radius 1 is 0.962 bits per heavy atom. The smallest absolute Gasteiger partial charge is 0.226 e. The lowest BCUT2D eigenvalue weighted by atomic mass is 9.93. The number of piperidine rings is 2. The van der Waals surface area contributed by atoms with Crippen LogP contribution in [-0.4, -0.2) is 71.0 Å². The summed E-state index contributed by atoms with van der Waals surface area (Å²) in [5.41, 5.74) is 1.01. The molecule has 0 spiro atoms. The zero-order valence-electron chi connectivity index (χ0n) is 15.9. The lowest BCUT2D eigenvalue weighted by Gasteiger charge is -2.42. The van der Waals surface area contributed by atoms with Crippen molar-refractivity contribution >= 4 is 11.7 Å². The van der Waals surface area contributed by atoms with Gasteiger partial charge in [-0.3, -0.25) is 14.7 Å². The predicted octanol–water partition coefficient (Wildman–Crippen LogP) is 2.09. The van der Waals surface area contributed by atoms with Crippen molar-refractivity contribution in [3.8, 4) is 0 Å². The van der Waals surface area contributed by atoms with Crippen LogP contribution in [-0.2, 0) is 4.79 Å². The standard InChI is InChI=1S/C20H31N5O/c1-16-19(22-9-8-21-16)23-13-6-18(7-14-23)25-12-4-5-17(15-25)20(26)24-10-2-3-11-24/h8-9,17-18H,2-7,10-15H2,1H3. The fraction of sp³-hybridized carbons (Fsp3) is 0.750. The van der Waals surface area contributed by atoms with Crippen LogP contribution in [0, 0.1) is 12.8 Å². The molecule has 26 heavy (non-hydrogen) atoms. The van der Waals surface area contributed by atoms with E-state index in [1.165, 1.54) is 12.8 Å². The Kier molecular flexibility index (Phi) is 5.38. The van der Waals surface area contributed by atoms with Crippen LogP contribution in [0.5, 0.6) is 0 Å². The first-order valence-electron chi connectivity index (χ1n) is 10.3. The number of anilines is 1. The van der Waals surface area contributed by atoms with Gasteiger partial charge in [-0.05, 0) is 52.0 Å². The maximum Gasteiger partial charge on any atom is 0.226 e. The third-order valence-electron chi connectivity index (χ3n) is 6.36. The number of nitrogens with zero attached hydrogens (tertiary/aromatic N) is 5. The molecule has 3 aliphatic heterocycles. The van der Waals surface area contributed by atoms with Gasteiger partial charge in [0.05, 0.1) is 11.6 Å². The van der Waals surface area contributed by atoms with E-state index < -0.39 is 0 Å². The molecule has 4 heterocycles. The normalized spacial score (nSPS) is 25.7. The third kappa shape index (κ3) is 3.70. The minimum atomic E-state index is 0.224. The number of carbonyl (C=O) groups excluding carboxylic acids is 1. The van der Waals surface area contributed by atoms with E-state index in [4.69, 9.17) is 0 Å². The number of amides is 1. The van der Waals surface area contributed by atoms with Crippen LogP contribution in [0.4, 0.5) is 5.82 Å². The molecule has 142 valence electrons. The molecule has 0 saturated carbocycles. The summed E-state index contributed by atoms with van der Waals surface area (Å²) in [6.45, 7) is 8.17. The van der Waals surface area contributed by atoms with Crippen LogP contribution in [0.3, 0.4) is 0 Å². The van der Waals surface area contributed by atoms with Gasteiger partial charge in [0.1, 0.15) is 5.82 Å². The molecule has 6 nitrogen and oxygen atoms in total. The highest BCUT2D eigenvalue weighted by Gasteiger charge is 2.34. The van der Waals surface area contributed by atoms with Crippen molar-refractivity contribution in [3.63, 3.8) is 0 Å². The van der Waals surface area contributed by atoms with Crippen molar-refractivity contribution in [2.45, 2.75) is 51.5 Å². The molecule has 3 saturated heterocycles. The maximum atomic E-state index is 12.8. The van der Waals surface area contributed by atoms with E-state index in [1.54, 1.807) is 12.4 Å². The first kappa shape index (κ1) is 17.7. The van der Waals surface area contributed by atoms with E-state index in [0.717, 1.165) is 76.5 Å². The SMILES string of the molecule is Cc1nccnc1N1CCC(N2CCCC(C(=O)N3CCCC3)C2)CC1. The quantitative estimate of drug-likeness (QED) is 0.829. The predicted molar refractivity (Wildman–Crippen MR) is 102 cm³/mol. The molecular weight excluding hydrogens is 326 g/mol. The molecule has 0 aromatic carbocycles. The molecule has 1 amide bonds. The van der Waals surface area contributed by atoms with Gasteiger partial charge >= 0.3 is 0 Å². The van der Waals surface area contributed by atoms with Crippen LogP contribution in [0.1, 0.15) is 44.2 Å². The van der Waals surface area contributed by atoms with Crippen LogP contribution >= 0.6 is 0 Å². The highest BCUT2D eigenvalue weighted by molar-refractivity contribution is 5.79. The second kappa shape index (κ2) is 7.91. The lowest BCUT2D eigenvalue weighted by molar-refractivity contribution is -0.136. The highest BCUT2D eigenvalue weighted by atomic mass is 16.2. The number of aromatic nitrogens is 2. The fourth-order valence-electron chi connectivity index (χ4n) is 4.89. The zero-order valence-corrected chi connectivity index (χ0v) is 15.9. The van der Waals surface area contributed by atoms with Gasteiger partial charge in [-0.15, -0.1) is 0 Å². The summed E-state index contributed by atoms with van der Waals surface area (Å²) in [6, 6.07) is 0.609. The Morgan fingerprint density at radius 2 is 1.69 bits per heavy atom. The topological polar surface area (TPSA) is 52.6 Å². The monoisotopic (exact) mass is 357 g/mol. The minimum Gasteiger partial charge on any atom is -0.355 e. The van der Waals surface area contributed by atoms with Crippen molar-refractivity contribution in [2.75, 3.05) is 44.2 Å². The van der Waals surface area contributed by atoms with Crippen LogP contribution in [0.2, 0.25) is 0 Å². The van der Waals surface area contributed by atoms with E-state index >= 15 is 0 Å². The Bertz CT molecular complexity index is 622. The first-order valence-corrected chi connectivity index (χ1v) is 10.3. The van der Waals surface area contributed by atoms with E-state index in [-0.39, 0.29) is 5.92 Å². The van der Waals surface area contributed by atoms with E-state index in [1.807, 2.05) is 6.92 Å². The molecule has 1 aromatic heterocycles. The Labute approximate surface area is 156 Å². The summed E-state index contributed by atoms with van der Waals surface area (Å²) in [4.78, 5) is 28.7. The van der Waals surface area contributed by atoms with Gasteiger partial charge in [-0.2, -0.15) is 0 Å². The first-order chi connectivity index (χ1) is 12.7. The molecule has 0 bridgehead atoms. The number of carbonyl (C=O) groups is 1. The Balaban J connectivity index is 1.32. The van der Waals surface area contributed by atoms with Crippen molar-refractivity contribution in [1.29, 1.82) is 0 Å². The summed E-state index contributed by atoms with van der Waals surface area (Å²) in [6.07, 6.45) is 10.5. The largest absolute Gasteiger partial charge is 0.355 e. The van der Waals surface area contributed by atoms with Gasteiger partial charge in [0.2, 0.25) is 5.91 Å². The van der Waals surface area contributed by atoms with Crippen LogP contribution in [0.25, 0.3) is 0 Å². The summed E-state index contributed by atoms with van der Waals surface area (Å²) < 4.78 is 0. The van der Waals surface area contributed by atoms with Gasteiger partial charge in [-0.25, -0.2) is 4.98 Å². The van der Waals surface area contributed by atoms with Crippen LogP contribution < -0.4 is 4.90 Å². The molecule has 4 rings (SSSR count). The molecule has 1 aromatic rings. The van der Waals surface area contributed by atoms with Gasteiger partial charge in [0.15, 0.2) is 0 Å². The maximum absolute atomic E-state index is 12.8. The van der Waals surface area contributed by atoms with Crippen molar-refractivity contribution in [3.05, 3.63) is 18.1 Å².